The highest BCUT2D eigenvalue weighted by Crippen LogP contribution is 2.36. The number of imidazole rings is 1. The topological polar surface area (TPSA) is 52.8 Å². The van der Waals surface area contributed by atoms with Crippen LogP contribution in [0.4, 0.5) is 13.2 Å². The summed E-state index contributed by atoms with van der Waals surface area (Å²) in [7, 11) is -0.494. The molecule has 1 fully saturated rings. The average Bonchev–Trinajstić information content (AvgIpc) is 3.23. The van der Waals surface area contributed by atoms with Crippen LogP contribution in [-0.2, 0) is 20.5 Å². The highest BCUT2D eigenvalue weighted by molar-refractivity contribution is 6.62. The summed E-state index contributed by atoms with van der Waals surface area (Å²) in [5, 5.41) is 0. The van der Waals surface area contributed by atoms with Crippen LogP contribution in [0.2, 0.25) is 0 Å². The number of aromatic nitrogens is 2. The molecule has 0 radical (unpaired) electrons. The van der Waals surface area contributed by atoms with Gasteiger partial charge in [-0.3, -0.25) is 9.20 Å². The largest absolute Gasteiger partial charge is 0.495 e. The third kappa shape index (κ3) is 4.99. The Morgan fingerprint density at radius 1 is 1.09 bits per heavy atom. The van der Waals surface area contributed by atoms with E-state index in [-0.39, 0.29) is 6.42 Å². The second-order valence-corrected chi connectivity index (χ2v) is 9.45. The van der Waals surface area contributed by atoms with E-state index in [1.165, 1.54) is 0 Å². The maximum absolute atomic E-state index is 12.4. The molecule has 0 bridgehead atoms. The molecule has 1 aliphatic rings. The Morgan fingerprint density at radius 3 is 2.45 bits per heavy atom. The molecule has 4 rings (SSSR count). The third-order valence-corrected chi connectivity index (χ3v) is 6.37. The van der Waals surface area contributed by atoms with Crippen LogP contribution in [0.15, 0.2) is 48.8 Å². The smallest absolute Gasteiger partial charge is 0.399 e. The summed E-state index contributed by atoms with van der Waals surface area (Å²) >= 11 is 0. The minimum absolute atomic E-state index is 0.0350. The van der Waals surface area contributed by atoms with Gasteiger partial charge < -0.3 is 9.31 Å². The summed E-state index contributed by atoms with van der Waals surface area (Å²) in [4.78, 5) is 16.5. The first-order chi connectivity index (χ1) is 15.3. The first kappa shape index (κ1) is 23.5. The van der Waals surface area contributed by atoms with Crippen LogP contribution in [0.3, 0.4) is 0 Å². The summed E-state index contributed by atoms with van der Waals surface area (Å²) in [5.74, 6) is -0.435. The Kier molecular flexibility index (Phi) is 5.91. The first-order valence-electron chi connectivity index (χ1n) is 10.9. The molecular weight excluding hydrogens is 432 g/mol. The van der Waals surface area contributed by atoms with Gasteiger partial charge in [0.1, 0.15) is 11.4 Å². The van der Waals surface area contributed by atoms with Gasteiger partial charge in [-0.25, -0.2) is 4.98 Å². The number of hydrogen-bond acceptors (Lipinski definition) is 4. The van der Waals surface area contributed by atoms with Crippen molar-refractivity contribution >= 4 is 24.0 Å². The number of pyridine rings is 1. The minimum atomic E-state index is -4.33. The second kappa shape index (κ2) is 8.29. The van der Waals surface area contributed by atoms with E-state index < -0.39 is 43.1 Å². The molecule has 1 aromatic carbocycles. The molecule has 1 saturated heterocycles. The minimum Gasteiger partial charge on any atom is -0.399 e. The molecule has 0 spiro atoms. The van der Waals surface area contributed by atoms with E-state index in [2.05, 4.69) is 4.98 Å². The molecule has 3 heterocycles. The lowest BCUT2D eigenvalue weighted by molar-refractivity contribution is -0.143. The van der Waals surface area contributed by atoms with E-state index in [1.807, 2.05) is 62.6 Å². The number of ketones is 1. The van der Waals surface area contributed by atoms with Gasteiger partial charge >= 0.3 is 13.3 Å². The Hall–Kier alpha value is -2.65. The fourth-order valence-electron chi connectivity index (χ4n) is 3.77. The number of carbonyl (C=O) groups is 1. The Bertz CT molecular complexity index is 1170. The van der Waals surface area contributed by atoms with Crippen molar-refractivity contribution in [2.24, 2.45) is 0 Å². The van der Waals surface area contributed by atoms with Crippen molar-refractivity contribution in [1.82, 2.24) is 9.38 Å². The first-order valence-corrected chi connectivity index (χ1v) is 10.9. The van der Waals surface area contributed by atoms with E-state index in [0.29, 0.717) is 11.2 Å². The lowest BCUT2D eigenvalue weighted by atomic mass is 9.80. The zero-order chi connectivity index (χ0) is 24.0. The van der Waals surface area contributed by atoms with Crippen LogP contribution in [-0.4, -0.2) is 39.7 Å². The van der Waals surface area contributed by atoms with Crippen LogP contribution >= 0.6 is 0 Å². The molecule has 0 unspecified atom stereocenters. The lowest BCUT2D eigenvalue weighted by Gasteiger charge is -2.32. The monoisotopic (exact) mass is 458 g/mol. The summed E-state index contributed by atoms with van der Waals surface area (Å²) < 4.78 is 51.3. The van der Waals surface area contributed by atoms with E-state index in [0.717, 1.165) is 16.7 Å². The van der Waals surface area contributed by atoms with E-state index in [4.69, 9.17) is 9.31 Å². The third-order valence-electron chi connectivity index (χ3n) is 6.37. The van der Waals surface area contributed by atoms with Crippen LogP contribution in [0.25, 0.3) is 16.9 Å². The molecule has 0 amide bonds. The SMILES string of the molecule is CC1(C)OB(c2ccn3c(-c4cccc(CC(=O)CCC(F)(F)F)c4)cnc3c2)OC1(C)C. The number of nitrogens with zero attached hydrogens (tertiary/aromatic N) is 2. The van der Waals surface area contributed by atoms with Crippen LogP contribution in [0.1, 0.15) is 46.1 Å². The van der Waals surface area contributed by atoms with Gasteiger partial charge in [0.2, 0.25) is 0 Å². The number of fused-ring (bicyclic) bond motifs is 1. The number of carbonyl (C=O) groups excluding carboxylic acids is 1. The zero-order valence-electron chi connectivity index (χ0n) is 19.1. The molecule has 0 saturated carbocycles. The number of benzene rings is 1. The fraction of sp³-hybridized carbons (Fsp3) is 0.417. The van der Waals surface area contributed by atoms with E-state index in [9.17, 15) is 18.0 Å². The normalized spacial score (nSPS) is 17.6. The van der Waals surface area contributed by atoms with E-state index >= 15 is 0 Å². The Balaban J connectivity index is 1.54. The molecule has 0 N–H and O–H groups in total. The van der Waals surface area contributed by atoms with Gasteiger partial charge in [0.15, 0.2) is 0 Å². The number of alkyl halides is 3. The molecule has 5 nitrogen and oxygen atoms in total. The number of Topliss-reactive ketones (excluding diaryl/α,β-unsaturated/α-hetero) is 1. The van der Waals surface area contributed by atoms with Gasteiger partial charge in [-0.05, 0) is 56.9 Å². The van der Waals surface area contributed by atoms with Crippen molar-refractivity contribution in [2.45, 2.75) is 64.3 Å². The summed E-state index contributed by atoms with van der Waals surface area (Å²) in [6.45, 7) is 8.00. The van der Waals surface area contributed by atoms with Crippen LogP contribution in [0.5, 0.6) is 0 Å². The average molecular weight is 458 g/mol. The van der Waals surface area contributed by atoms with Crippen molar-refractivity contribution in [3.63, 3.8) is 0 Å². The predicted octanol–water partition coefficient (Wildman–Crippen LogP) is 4.75. The maximum atomic E-state index is 12.4. The lowest BCUT2D eigenvalue weighted by Crippen LogP contribution is -2.41. The highest BCUT2D eigenvalue weighted by Gasteiger charge is 2.51. The van der Waals surface area contributed by atoms with Crippen molar-refractivity contribution in [2.75, 3.05) is 0 Å². The quantitative estimate of drug-likeness (QED) is 0.501. The van der Waals surface area contributed by atoms with Crippen molar-refractivity contribution in [3.8, 4) is 11.3 Å². The number of rotatable bonds is 6. The molecule has 0 aliphatic carbocycles. The van der Waals surface area contributed by atoms with Crippen molar-refractivity contribution < 1.29 is 27.3 Å². The molecule has 0 atom stereocenters. The van der Waals surface area contributed by atoms with Gasteiger partial charge in [-0.15, -0.1) is 0 Å². The molecule has 1 aliphatic heterocycles. The van der Waals surface area contributed by atoms with Crippen LogP contribution in [0, 0.1) is 0 Å². The number of hydrogen-bond donors (Lipinski definition) is 0. The van der Waals surface area contributed by atoms with Gasteiger partial charge in [-0.2, -0.15) is 13.2 Å². The van der Waals surface area contributed by atoms with E-state index in [1.54, 1.807) is 18.3 Å². The maximum Gasteiger partial charge on any atom is 0.495 e. The van der Waals surface area contributed by atoms with Gasteiger partial charge in [0.05, 0.1) is 29.5 Å². The molecule has 33 heavy (non-hydrogen) atoms. The standard InChI is InChI=1S/C24H26BF3N2O3/c1-22(2)23(3,4)33-25(32-22)18-9-11-30-20(15-29-21(30)14-18)17-7-5-6-16(12-17)13-19(31)8-10-24(26,27)28/h5-7,9,11-12,14-15H,8,10,13H2,1-4H3. The Morgan fingerprint density at radius 2 is 1.79 bits per heavy atom. The number of halogens is 3. The van der Waals surface area contributed by atoms with Gasteiger partial charge in [-0.1, -0.05) is 18.2 Å². The summed E-state index contributed by atoms with van der Waals surface area (Å²) in [5.41, 5.74) is 3.00. The summed E-state index contributed by atoms with van der Waals surface area (Å²) in [6, 6.07) is 11.1. The molecular formula is C24H26BF3N2O3. The van der Waals surface area contributed by atoms with Gasteiger partial charge in [0, 0.05) is 24.6 Å². The fourth-order valence-corrected chi connectivity index (χ4v) is 3.77. The highest BCUT2D eigenvalue weighted by atomic mass is 19.4. The molecule has 174 valence electrons. The van der Waals surface area contributed by atoms with Crippen molar-refractivity contribution in [1.29, 1.82) is 0 Å². The zero-order valence-corrected chi connectivity index (χ0v) is 19.1. The van der Waals surface area contributed by atoms with Gasteiger partial charge in [0.25, 0.3) is 0 Å². The predicted molar refractivity (Wildman–Crippen MR) is 120 cm³/mol. The van der Waals surface area contributed by atoms with Crippen LogP contribution < -0.4 is 5.46 Å². The summed E-state index contributed by atoms with van der Waals surface area (Å²) in [6.07, 6.45) is -2.35. The Labute approximate surface area is 191 Å². The molecule has 9 heteroatoms. The molecule has 3 aromatic rings. The van der Waals surface area contributed by atoms with Crippen molar-refractivity contribution in [3.05, 3.63) is 54.4 Å². The second-order valence-electron chi connectivity index (χ2n) is 9.45. The molecule has 2 aromatic heterocycles.